The zero-order valence-corrected chi connectivity index (χ0v) is 7.03. The van der Waals surface area contributed by atoms with Gasteiger partial charge in [0.15, 0.2) is 0 Å². The third kappa shape index (κ3) is 22.9. The lowest BCUT2D eigenvalue weighted by Gasteiger charge is -2.07. The van der Waals surface area contributed by atoms with E-state index in [0.29, 0.717) is 6.54 Å². The van der Waals surface area contributed by atoms with Crippen LogP contribution >= 0.6 is 0 Å². The predicted octanol–water partition coefficient (Wildman–Crippen LogP) is -1.43. The van der Waals surface area contributed by atoms with E-state index >= 15 is 0 Å². The van der Waals surface area contributed by atoms with Crippen LogP contribution in [0.4, 0.5) is 4.79 Å². The van der Waals surface area contributed by atoms with Crippen molar-refractivity contribution in [2.45, 2.75) is 13.0 Å². The smallest absolute Gasteiger partial charge is 0.402 e. The largest absolute Gasteiger partial charge is 0.465 e. The molecule has 0 saturated carbocycles. The second kappa shape index (κ2) is 10.2. The third-order valence-electron chi connectivity index (χ3n) is 0.878. The molecule has 6 heteroatoms. The first kappa shape index (κ1) is 13.7. The Morgan fingerprint density at radius 3 is 2.25 bits per heavy atom. The molecule has 0 spiro atoms. The molecule has 6 nitrogen and oxygen atoms in total. The van der Waals surface area contributed by atoms with E-state index in [0.717, 1.165) is 0 Å². The molecule has 0 aliphatic carbocycles. The summed E-state index contributed by atoms with van der Waals surface area (Å²) in [4.78, 5) is 8.78. The van der Waals surface area contributed by atoms with Gasteiger partial charge in [-0.3, -0.25) is 0 Å². The molecule has 6 N–H and O–H groups in total. The van der Waals surface area contributed by atoms with Gasteiger partial charge in [-0.15, -0.1) is 0 Å². The van der Waals surface area contributed by atoms with Crippen LogP contribution in [0.3, 0.4) is 0 Å². The third-order valence-corrected chi connectivity index (χ3v) is 0.878. The number of hydrogen-bond acceptors (Lipinski definition) is 4. The molecule has 1 amide bonds. The van der Waals surface area contributed by atoms with Gasteiger partial charge >= 0.3 is 6.09 Å². The number of aliphatic hydroxyl groups excluding tert-OH is 2. The van der Waals surface area contributed by atoms with Crippen molar-refractivity contribution in [3.05, 3.63) is 0 Å². The summed E-state index contributed by atoms with van der Waals surface area (Å²) < 4.78 is 0. The second-order valence-corrected chi connectivity index (χ2v) is 2.10. The van der Waals surface area contributed by atoms with Crippen molar-refractivity contribution in [3.63, 3.8) is 0 Å². The monoisotopic (exact) mass is 180 g/mol. The molecular weight excluding hydrogens is 164 g/mol. The fraction of sp³-hybridized carbons (Fsp3) is 0.833. The van der Waals surface area contributed by atoms with E-state index in [-0.39, 0.29) is 19.3 Å². The molecule has 1 unspecified atom stereocenters. The number of nitrogens with one attached hydrogen (secondary N) is 1. The maximum atomic E-state index is 8.78. The van der Waals surface area contributed by atoms with Crippen LogP contribution < -0.4 is 11.1 Å². The maximum absolute atomic E-state index is 8.78. The molecule has 0 aromatic heterocycles. The van der Waals surface area contributed by atoms with Gasteiger partial charge in [-0.25, -0.2) is 4.79 Å². The Morgan fingerprint density at radius 1 is 1.58 bits per heavy atom. The van der Waals surface area contributed by atoms with Gasteiger partial charge in [0.1, 0.15) is 0 Å². The summed E-state index contributed by atoms with van der Waals surface area (Å²) in [6, 6.07) is 0.0992. The quantitative estimate of drug-likeness (QED) is 0.364. The van der Waals surface area contributed by atoms with Gasteiger partial charge in [0.05, 0.1) is 13.2 Å². The molecule has 0 fully saturated rings. The summed E-state index contributed by atoms with van der Waals surface area (Å²) in [6.45, 7) is 2.67. The van der Waals surface area contributed by atoms with Crippen molar-refractivity contribution >= 4 is 6.09 Å². The molecule has 0 aliphatic heterocycles. The summed E-state index contributed by atoms with van der Waals surface area (Å²) in [5.41, 5.74) is 4.03. The van der Waals surface area contributed by atoms with Crippen LogP contribution in [0.25, 0.3) is 0 Å². The van der Waals surface area contributed by atoms with E-state index in [4.69, 9.17) is 20.1 Å². The average molecular weight is 180 g/mol. The standard InChI is InChI=1S/C5H13NO2.CH3NO2/c1-5(4-8)6-2-3-7;2-1(3)4/h5-8H,2-4H2,1H3;2H2,(H,3,4). The summed E-state index contributed by atoms with van der Waals surface area (Å²) in [5, 5.41) is 26.8. The Hall–Kier alpha value is -0.850. The van der Waals surface area contributed by atoms with Gasteiger partial charge < -0.3 is 26.4 Å². The number of primary amides is 1. The molecule has 74 valence electrons. The van der Waals surface area contributed by atoms with Crippen molar-refractivity contribution in [2.75, 3.05) is 19.8 Å². The maximum Gasteiger partial charge on any atom is 0.402 e. The lowest BCUT2D eigenvalue weighted by molar-refractivity contribution is 0.205. The average Bonchev–Trinajstić information content (AvgIpc) is 1.99. The van der Waals surface area contributed by atoms with Crippen molar-refractivity contribution in [3.8, 4) is 0 Å². The topological polar surface area (TPSA) is 116 Å². The fourth-order valence-corrected chi connectivity index (χ4v) is 0.375. The van der Waals surface area contributed by atoms with E-state index in [1.807, 2.05) is 6.92 Å². The highest BCUT2D eigenvalue weighted by atomic mass is 16.4. The summed E-state index contributed by atoms with van der Waals surface area (Å²) >= 11 is 0. The zero-order valence-electron chi connectivity index (χ0n) is 7.03. The molecule has 0 rings (SSSR count). The van der Waals surface area contributed by atoms with Crippen LogP contribution in [-0.4, -0.2) is 47.2 Å². The number of aliphatic hydroxyl groups is 2. The first-order valence-corrected chi connectivity index (χ1v) is 3.48. The molecular formula is C6H16N2O4. The van der Waals surface area contributed by atoms with Crippen LogP contribution in [0.15, 0.2) is 0 Å². The highest BCUT2D eigenvalue weighted by Crippen LogP contribution is 1.74. The molecule has 0 saturated heterocycles. The summed E-state index contributed by atoms with van der Waals surface area (Å²) in [6.07, 6.45) is -1.33. The van der Waals surface area contributed by atoms with Gasteiger partial charge in [0.25, 0.3) is 0 Å². The predicted molar refractivity (Wildman–Crippen MR) is 43.8 cm³/mol. The highest BCUT2D eigenvalue weighted by molar-refractivity contribution is 5.61. The van der Waals surface area contributed by atoms with Gasteiger partial charge in [-0.1, -0.05) is 0 Å². The number of carbonyl (C=O) groups is 1. The number of carboxylic acid groups (broad SMARTS) is 1. The van der Waals surface area contributed by atoms with Gasteiger partial charge in [-0.2, -0.15) is 0 Å². The summed E-state index contributed by atoms with van der Waals surface area (Å²) in [5.74, 6) is 0. The number of rotatable bonds is 4. The lowest BCUT2D eigenvalue weighted by atomic mass is 10.4. The second-order valence-electron chi connectivity index (χ2n) is 2.10. The molecule has 0 aliphatic rings. The van der Waals surface area contributed by atoms with E-state index in [2.05, 4.69) is 11.1 Å². The van der Waals surface area contributed by atoms with Crippen LogP contribution in [-0.2, 0) is 0 Å². The van der Waals surface area contributed by atoms with E-state index in [1.54, 1.807) is 0 Å². The Morgan fingerprint density at radius 2 is 2.00 bits per heavy atom. The van der Waals surface area contributed by atoms with E-state index in [1.165, 1.54) is 0 Å². The first-order chi connectivity index (χ1) is 5.54. The molecule has 1 atom stereocenters. The lowest BCUT2D eigenvalue weighted by Crippen LogP contribution is -2.31. The SMILES string of the molecule is CC(CO)NCCO.NC(=O)O. The molecule has 0 radical (unpaired) electrons. The zero-order chi connectivity index (χ0) is 9.98. The van der Waals surface area contributed by atoms with Gasteiger partial charge in [-0.05, 0) is 6.92 Å². The number of amides is 1. The van der Waals surface area contributed by atoms with Crippen LogP contribution in [0.1, 0.15) is 6.92 Å². The van der Waals surface area contributed by atoms with Gasteiger partial charge in [0, 0.05) is 12.6 Å². The number of nitrogens with two attached hydrogens (primary N) is 1. The minimum atomic E-state index is -1.33. The number of hydrogen-bond donors (Lipinski definition) is 5. The Labute approximate surface area is 71.0 Å². The van der Waals surface area contributed by atoms with E-state index in [9.17, 15) is 0 Å². The fourth-order valence-electron chi connectivity index (χ4n) is 0.375. The summed E-state index contributed by atoms with van der Waals surface area (Å²) in [7, 11) is 0. The van der Waals surface area contributed by atoms with Crippen molar-refractivity contribution in [1.82, 2.24) is 5.32 Å². The van der Waals surface area contributed by atoms with Gasteiger partial charge in [0.2, 0.25) is 0 Å². The van der Waals surface area contributed by atoms with Crippen LogP contribution in [0.2, 0.25) is 0 Å². The first-order valence-electron chi connectivity index (χ1n) is 3.48. The Balaban J connectivity index is 0. The van der Waals surface area contributed by atoms with Crippen molar-refractivity contribution < 1.29 is 20.1 Å². The molecule has 0 bridgehead atoms. The Bertz CT molecular complexity index is 106. The highest BCUT2D eigenvalue weighted by Gasteiger charge is 1.93. The Kier molecular flexibility index (Phi) is 11.6. The van der Waals surface area contributed by atoms with Crippen molar-refractivity contribution in [2.24, 2.45) is 5.73 Å². The molecule has 0 heterocycles. The van der Waals surface area contributed by atoms with Crippen molar-refractivity contribution in [1.29, 1.82) is 0 Å². The molecule has 0 aromatic rings. The minimum Gasteiger partial charge on any atom is -0.465 e. The normalized spacial score (nSPS) is 11.2. The molecule has 12 heavy (non-hydrogen) atoms. The van der Waals surface area contributed by atoms with E-state index < -0.39 is 6.09 Å². The minimum absolute atomic E-state index is 0.0992. The van der Waals surface area contributed by atoms with Crippen LogP contribution in [0.5, 0.6) is 0 Å². The molecule has 0 aromatic carbocycles. The van der Waals surface area contributed by atoms with Crippen LogP contribution in [0, 0.1) is 0 Å².